The standard InChI is InChI=1S/C11H18N6O4/c1-2-3-4-12-9-15-10(13-5-7(18)19)17-11(16-9)14-6-8(20)21/h2-6H2,1H3,(H,18,19)(H,20,21)(H3,12,13,14,15,16,17). The Bertz CT molecular complexity index is 459. The van der Waals surface area contributed by atoms with E-state index in [1.54, 1.807) is 0 Å². The summed E-state index contributed by atoms with van der Waals surface area (Å²) in [5.74, 6) is -1.76. The van der Waals surface area contributed by atoms with Crippen molar-refractivity contribution in [3.8, 4) is 0 Å². The molecular weight excluding hydrogens is 280 g/mol. The van der Waals surface area contributed by atoms with Gasteiger partial charge in [-0.05, 0) is 6.42 Å². The summed E-state index contributed by atoms with van der Waals surface area (Å²) in [4.78, 5) is 33.0. The van der Waals surface area contributed by atoms with E-state index in [0.29, 0.717) is 6.54 Å². The minimum atomic E-state index is -1.06. The lowest BCUT2D eigenvalue weighted by Crippen LogP contribution is -2.19. The molecule has 1 rings (SSSR count). The van der Waals surface area contributed by atoms with Gasteiger partial charge in [0.2, 0.25) is 17.8 Å². The summed E-state index contributed by atoms with van der Waals surface area (Å²) < 4.78 is 0. The van der Waals surface area contributed by atoms with E-state index in [0.717, 1.165) is 12.8 Å². The first-order valence-corrected chi connectivity index (χ1v) is 6.42. The normalized spacial score (nSPS) is 9.95. The van der Waals surface area contributed by atoms with Gasteiger partial charge in [0, 0.05) is 6.54 Å². The van der Waals surface area contributed by atoms with Crippen LogP contribution in [-0.2, 0) is 9.59 Å². The summed E-state index contributed by atoms with van der Waals surface area (Å²) in [6.07, 6.45) is 1.91. The number of aliphatic carboxylic acids is 2. The first kappa shape index (κ1) is 16.4. The number of nitrogens with one attached hydrogen (secondary N) is 3. The van der Waals surface area contributed by atoms with Gasteiger partial charge in [0.05, 0.1) is 0 Å². The second-order valence-corrected chi connectivity index (χ2v) is 4.08. The Morgan fingerprint density at radius 3 is 1.71 bits per heavy atom. The van der Waals surface area contributed by atoms with Gasteiger partial charge in [-0.3, -0.25) is 9.59 Å². The van der Waals surface area contributed by atoms with Crippen LogP contribution in [0.15, 0.2) is 0 Å². The van der Waals surface area contributed by atoms with Crippen LogP contribution < -0.4 is 16.0 Å². The Morgan fingerprint density at radius 1 is 0.905 bits per heavy atom. The Hall–Kier alpha value is -2.65. The van der Waals surface area contributed by atoms with E-state index in [1.165, 1.54) is 0 Å². The number of hydrogen-bond acceptors (Lipinski definition) is 8. The fourth-order valence-corrected chi connectivity index (χ4v) is 1.30. The molecule has 0 aliphatic rings. The van der Waals surface area contributed by atoms with Crippen LogP contribution in [0.4, 0.5) is 17.8 Å². The molecule has 116 valence electrons. The smallest absolute Gasteiger partial charge is 0.322 e. The molecule has 1 aromatic heterocycles. The van der Waals surface area contributed by atoms with Crippen molar-refractivity contribution in [2.75, 3.05) is 35.6 Å². The Balaban J connectivity index is 2.79. The zero-order chi connectivity index (χ0) is 15.7. The van der Waals surface area contributed by atoms with Gasteiger partial charge in [-0.25, -0.2) is 0 Å². The van der Waals surface area contributed by atoms with Gasteiger partial charge in [0.25, 0.3) is 0 Å². The molecule has 0 amide bonds. The highest BCUT2D eigenvalue weighted by atomic mass is 16.4. The zero-order valence-corrected chi connectivity index (χ0v) is 11.6. The first-order chi connectivity index (χ1) is 10.0. The summed E-state index contributed by atoms with van der Waals surface area (Å²) in [6.45, 7) is 1.99. The third-order valence-corrected chi connectivity index (χ3v) is 2.24. The van der Waals surface area contributed by atoms with E-state index in [4.69, 9.17) is 10.2 Å². The number of carboxylic acid groups (broad SMARTS) is 2. The molecular formula is C11H18N6O4. The minimum Gasteiger partial charge on any atom is -0.480 e. The van der Waals surface area contributed by atoms with Crippen LogP contribution in [0.3, 0.4) is 0 Å². The van der Waals surface area contributed by atoms with Gasteiger partial charge < -0.3 is 26.2 Å². The number of hydrogen-bond donors (Lipinski definition) is 5. The summed E-state index contributed by atoms with van der Waals surface area (Å²) in [5.41, 5.74) is 0. The average Bonchev–Trinajstić information content (AvgIpc) is 2.43. The molecule has 0 bridgehead atoms. The van der Waals surface area contributed by atoms with Crippen LogP contribution in [0.1, 0.15) is 19.8 Å². The predicted octanol–water partition coefficient (Wildman–Crippen LogP) is 0.0766. The lowest BCUT2D eigenvalue weighted by atomic mass is 10.3. The predicted molar refractivity (Wildman–Crippen MR) is 75.5 cm³/mol. The molecule has 21 heavy (non-hydrogen) atoms. The molecule has 1 aromatic rings. The molecule has 0 spiro atoms. The summed E-state index contributed by atoms with van der Waals surface area (Å²) in [7, 11) is 0. The number of aromatic nitrogens is 3. The van der Waals surface area contributed by atoms with Gasteiger partial charge in [-0.1, -0.05) is 13.3 Å². The van der Waals surface area contributed by atoms with Crippen LogP contribution >= 0.6 is 0 Å². The van der Waals surface area contributed by atoms with Gasteiger partial charge in [-0.15, -0.1) is 0 Å². The van der Waals surface area contributed by atoms with Crippen LogP contribution in [0.2, 0.25) is 0 Å². The van der Waals surface area contributed by atoms with Gasteiger partial charge in [-0.2, -0.15) is 15.0 Å². The summed E-state index contributed by atoms with van der Waals surface area (Å²) in [6, 6.07) is 0. The quantitative estimate of drug-likeness (QED) is 0.376. The number of anilines is 3. The number of rotatable bonds is 10. The van der Waals surface area contributed by atoms with Crippen LogP contribution in [0, 0.1) is 0 Å². The van der Waals surface area contributed by atoms with E-state index in [9.17, 15) is 9.59 Å². The fraction of sp³-hybridized carbons (Fsp3) is 0.545. The van der Waals surface area contributed by atoms with E-state index < -0.39 is 11.9 Å². The van der Waals surface area contributed by atoms with Crippen molar-refractivity contribution in [1.29, 1.82) is 0 Å². The highest BCUT2D eigenvalue weighted by Gasteiger charge is 2.08. The van der Waals surface area contributed by atoms with Gasteiger partial charge in [0.1, 0.15) is 13.1 Å². The number of carboxylic acids is 2. The Labute approximate surface area is 121 Å². The van der Waals surface area contributed by atoms with Crippen molar-refractivity contribution < 1.29 is 19.8 Å². The molecule has 10 nitrogen and oxygen atoms in total. The largest absolute Gasteiger partial charge is 0.480 e. The molecule has 10 heteroatoms. The lowest BCUT2D eigenvalue weighted by molar-refractivity contribution is -0.135. The van der Waals surface area contributed by atoms with Crippen molar-refractivity contribution in [2.45, 2.75) is 19.8 Å². The Kier molecular flexibility index (Phi) is 6.65. The molecule has 0 aliphatic heterocycles. The average molecular weight is 298 g/mol. The van der Waals surface area contributed by atoms with E-state index >= 15 is 0 Å². The van der Waals surface area contributed by atoms with Gasteiger partial charge in [0.15, 0.2) is 0 Å². The topological polar surface area (TPSA) is 149 Å². The van der Waals surface area contributed by atoms with Crippen LogP contribution in [0.25, 0.3) is 0 Å². The van der Waals surface area contributed by atoms with Crippen molar-refractivity contribution in [2.24, 2.45) is 0 Å². The van der Waals surface area contributed by atoms with Crippen molar-refractivity contribution >= 4 is 29.8 Å². The lowest BCUT2D eigenvalue weighted by Gasteiger charge is -2.09. The molecule has 0 fully saturated rings. The first-order valence-electron chi connectivity index (χ1n) is 6.42. The minimum absolute atomic E-state index is 0.0549. The molecule has 0 saturated carbocycles. The van der Waals surface area contributed by atoms with E-state index in [-0.39, 0.29) is 30.9 Å². The third kappa shape index (κ3) is 6.89. The van der Waals surface area contributed by atoms with Crippen LogP contribution in [0.5, 0.6) is 0 Å². The zero-order valence-electron chi connectivity index (χ0n) is 11.6. The maximum Gasteiger partial charge on any atom is 0.322 e. The van der Waals surface area contributed by atoms with E-state index in [1.807, 2.05) is 6.92 Å². The van der Waals surface area contributed by atoms with Crippen molar-refractivity contribution in [3.63, 3.8) is 0 Å². The molecule has 5 N–H and O–H groups in total. The fourth-order valence-electron chi connectivity index (χ4n) is 1.30. The maximum absolute atomic E-state index is 10.5. The molecule has 0 saturated heterocycles. The van der Waals surface area contributed by atoms with Crippen LogP contribution in [-0.4, -0.2) is 56.7 Å². The molecule has 0 aliphatic carbocycles. The number of unbranched alkanes of at least 4 members (excludes halogenated alkanes) is 1. The SMILES string of the molecule is CCCCNc1nc(NCC(=O)O)nc(NCC(=O)O)n1. The number of carbonyl (C=O) groups is 2. The molecule has 0 aromatic carbocycles. The highest BCUT2D eigenvalue weighted by molar-refractivity contribution is 5.73. The molecule has 0 radical (unpaired) electrons. The Morgan fingerprint density at radius 2 is 1.33 bits per heavy atom. The molecule has 1 heterocycles. The third-order valence-electron chi connectivity index (χ3n) is 2.24. The van der Waals surface area contributed by atoms with Gasteiger partial charge >= 0.3 is 11.9 Å². The monoisotopic (exact) mass is 298 g/mol. The van der Waals surface area contributed by atoms with Crippen molar-refractivity contribution in [1.82, 2.24) is 15.0 Å². The second kappa shape index (κ2) is 8.51. The molecule has 0 atom stereocenters. The highest BCUT2D eigenvalue weighted by Crippen LogP contribution is 2.09. The maximum atomic E-state index is 10.5. The van der Waals surface area contributed by atoms with E-state index in [2.05, 4.69) is 30.9 Å². The summed E-state index contributed by atoms with van der Waals surface area (Å²) in [5, 5.41) is 25.2. The van der Waals surface area contributed by atoms with Crippen molar-refractivity contribution in [3.05, 3.63) is 0 Å². The second-order valence-electron chi connectivity index (χ2n) is 4.08. The summed E-state index contributed by atoms with van der Waals surface area (Å²) >= 11 is 0. The molecule has 0 unspecified atom stereocenters. The number of nitrogens with zero attached hydrogens (tertiary/aromatic N) is 3.